The number of carboxylic acid groups (broad SMARTS) is 1. The molecule has 4 nitrogen and oxygen atoms in total. The topological polar surface area (TPSA) is 69.6 Å². The van der Waals surface area contributed by atoms with Gasteiger partial charge in [0, 0.05) is 23.2 Å². The van der Waals surface area contributed by atoms with Gasteiger partial charge in [0.15, 0.2) is 0 Å². The number of nitrogens with one attached hydrogen (secondary N) is 1. The molecular formula is C25H23ClFNO3. The number of rotatable bonds is 6. The van der Waals surface area contributed by atoms with Crippen LogP contribution >= 0.6 is 11.6 Å². The molecule has 0 radical (unpaired) electrons. The summed E-state index contributed by atoms with van der Waals surface area (Å²) in [4.78, 5) is 11.0. The monoisotopic (exact) mass is 439 g/mol. The van der Waals surface area contributed by atoms with Crippen molar-refractivity contribution in [2.75, 3.05) is 6.54 Å². The Morgan fingerprint density at radius 2 is 1.87 bits per heavy atom. The van der Waals surface area contributed by atoms with Gasteiger partial charge in [-0.2, -0.15) is 0 Å². The van der Waals surface area contributed by atoms with Crippen molar-refractivity contribution >= 4 is 17.6 Å². The highest BCUT2D eigenvalue weighted by molar-refractivity contribution is 6.30. The molecule has 0 spiro atoms. The summed E-state index contributed by atoms with van der Waals surface area (Å²) < 4.78 is 14.5. The minimum atomic E-state index is -1.15. The number of hydrogen-bond donors (Lipinski definition) is 3. The molecule has 0 unspecified atom stereocenters. The summed E-state index contributed by atoms with van der Waals surface area (Å²) in [7, 11) is 0. The van der Waals surface area contributed by atoms with Crippen LogP contribution in [0.15, 0.2) is 60.7 Å². The van der Waals surface area contributed by atoms with Crippen LogP contribution in [0.2, 0.25) is 5.02 Å². The number of aryl methyl sites for hydroxylation is 1. The molecule has 0 amide bonds. The molecule has 4 rings (SSSR count). The predicted molar refractivity (Wildman–Crippen MR) is 119 cm³/mol. The molecule has 6 heteroatoms. The van der Waals surface area contributed by atoms with Crippen LogP contribution in [-0.4, -0.2) is 28.8 Å². The number of aromatic carboxylic acids is 1. The van der Waals surface area contributed by atoms with Gasteiger partial charge in [-0.3, -0.25) is 0 Å². The summed E-state index contributed by atoms with van der Waals surface area (Å²) in [5, 5.41) is 23.5. The second-order valence-electron chi connectivity index (χ2n) is 7.90. The van der Waals surface area contributed by atoms with Crippen LogP contribution in [-0.2, 0) is 12.8 Å². The van der Waals surface area contributed by atoms with Crippen LogP contribution < -0.4 is 5.32 Å². The van der Waals surface area contributed by atoms with Gasteiger partial charge >= 0.3 is 5.97 Å². The highest BCUT2D eigenvalue weighted by atomic mass is 35.5. The maximum absolute atomic E-state index is 14.5. The molecule has 160 valence electrons. The third-order valence-electron chi connectivity index (χ3n) is 5.82. The summed E-state index contributed by atoms with van der Waals surface area (Å²) in [5.74, 6) is -1.69. The third-order valence-corrected chi connectivity index (χ3v) is 6.07. The van der Waals surface area contributed by atoms with E-state index in [4.69, 9.17) is 16.7 Å². The molecule has 3 N–H and O–H groups in total. The number of aliphatic hydroxyl groups excluding tert-OH is 1. The zero-order valence-corrected chi connectivity index (χ0v) is 17.6. The smallest absolute Gasteiger partial charge is 0.335 e. The van der Waals surface area contributed by atoms with E-state index in [1.807, 2.05) is 30.3 Å². The van der Waals surface area contributed by atoms with Crippen LogP contribution in [0.5, 0.6) is 0 Å². The molecule has 2 atom stereocenters. The van der Waals surface area contributed by atoms with Crippen molar-refractivity contribution in [2.45, 2.75) is 31.4 Å². The second-order valence-corrected chi connectivity index (χ2v) is 8.34. The molecular weight excluding hydrogens is 417 g/mol. The Balaban J connectivity index is 1.45. The zero-order valence-electron chi connectivity index (χ0n) is 16.8. The van der Waals surface area contributed by atoms with Crippen LogP contribution in [0.4, 0.5) is 4.39 Å². The van der Waals surface area contributed by atoms with E-state index in [9.17, 15) is 14.3 Å². The van der Waals surface area contributed by atoms with Gasteiger partial charge in [-0.05, 0) is 65.8 Å². The molecule has 0 fully saturated rings. The maximum atomic E-state index is 14.5. The fraction of sp³-hybridized carbons (Fsp3) is 0.240. The lowest BCUT2D eigenvalue weighted by molar-refractivity contribution is 0.0696. The Labute approximate surface area is 185 Å². The minimum Gasteiger partial charge on any atom is -0.478 e. The summed E-state index contributed by atoms with van der Waals surface area (Å²) in [6.45, 7) is 0.437. The third kappa shape index (κ3) is 4.96. The molecule has 0 saturated carbocycles. The van der Waals surface area contributed by atoms with E-state index in [1.54, 1.807) is 12.1 Å². The fourth-order valence-corrected chi connectivity index (χ4v) is 4.19. The van der Waals surface area contributed by atoms with Crippen LogP contribution in [0.25, 0.3) is 11.1 Å². The van der Waals surface area contributed by atoms with Gasteiger partial charge in [0.1, 0.15) is 5.82 Å². The van der Waals surface area contributed by atoms with E-state index < -0.39 is 17.9 Å². The number of benzene rings is 3. The molecule has 3 aromatic carbocycles. The van der Waals surface area contributed by atoms with E-state index in [0.29, 0.717) is 17.1 Å². The van der Waals surface area contributed by atoms with Gasteiger partial charge in [-0.25, -0.2) is 9.18 Å². The Bertz CT molecular complexity index is 1100. The van der Waals surface area contributed by atoms with E-state index in [2.05, 4.69) is 5.32 Å². The second kappa shape index (κ2) is 9.18. The average Bonchev–Trinajstić information content (AvgIpc) is 2.77. The van der Waals surface area contributed by atoms with E-state index in [-0.39, 0.29) is 11.6 Å². The molecule has 0 bridgehead atoms. The Morgan fingerprint density at radius 1 is 1.10 bits per heavy atom. The summed E-state index contributed by atoms with van der Waals surface area (Å²) >= 11 is 5.90. The number of hydrogen-bond acceptors (Lipinski definition) is 3. The van der Waals surface area contributed by atoms with Crippen LogP contribution in [0.3, 0.4) is 0 Å². The lowest BCUT2D eigenvalue weighted by atomic mass is 9.86. The molecule has 1 aliphatic carbocycles. The Kier molecular flexibility index (Phi) is 6.37. The van der Waals surface area contributed by atoms with Gasteiger partial charge in [0.05, 0.1) is 11.7 Å². The predicted octanol–water partition coefficient (Wildman–Crippen LogP) is 5.02. The lowest BCUT2D eigenvalue weighted by Crippen LogP contribution is -2.37. The van der Waals surface area contributed by atoms with Crippen LogP contribution in [0, 0.1) is 5.82 Å². The number of halogens is 2. The highest BCUT2D eigenvalue weighted by Crippen LogP contribution is 2.30. The first-order valence-corrected chi connectivity index (χ1v) is 10.6. The molecule has 0 aromatic heterocycles. The minimum absolute atomic E-state index is 0.0669. The summed E-state index contributed by atoms with van der Waals surface area (Å²) in [5.41, 5.74) is 4.25. The molecule has 0 saturated heterocycles. The van der Waals surface area contributed by atoms with Gasteiger partial charge in [0.2, 0.25) is 0 Å². The molecule has 0 aliphatic heterocycles. The van der Waals surface area contributed by atoms with Crippen molar-refractivity contribution < 1.29 is 19.4 Å². The van der Waals surface area contributed by atoms with Crippen molar-refractivity contribution in [1.29, 1.82) is 0 Å². The summed E-state index contributed by atoms with van der Waals surface area (Å²) in [6.07, 6.45) is 2.03. The zero-order chi connectivity index (χ0) is 22.0. The number of carbonyl (C=O) groups is 1. The van der Waals surface area contributed by atoms with Gasteiger partial charge in [0.25, 0.3) is 0 Å². The van der Waals surface area contributed by atoms with Crippen molar-refractivity contribution in [3.63, 3.8) is 0 Å². The SMILES string of the molecule is O=C(O)c1ccc(-c2ccc3c(c2)C[C@@H](NC[C@@H](O)c2ccc(Cl)cc2)CC3)c(F)c1. The number of aliphatic hydroxyl groups is 1. The first-order chi connectivity index (χ1) is 14.9. The fourth-order valence-electron chi connectivity index (χ4n) is 4.06. The average molecular weight is 440 g/mol. The number of carboxylic acids is 1. The van der Waals surface area contributed by atoms with Gasteiger partial charge in [-0.15, -0.1) is 0 Å². The lowest BCUT2D eigenvalue weighted by Gasteiger charge is -2.27. The van der Waals surface area contributed by atoms with Crippen molar-refractivity contribution in [3.8, 4) is 11.1 Å². The highest BCUT2D eigenvalue weighted by Gasteiger charge is 2.21. The molecule has 3 aromatic rings. The van der Waals surface area contributed by atoms with E-state index in [1.165, 1.54) is 17.7 Å². The standard InChI is InChI=1S/C25H23ClFNO3/c26-20-7-3-16(4-8-20)24(29)14-28-21-9-5-15-1-2-17(11-19(15)12-21)22-10-6-18(25(30)31)13-23(22)27/h1-4,6-8,10-11,13,21,24,28-29H,5,9,12,14H2,(H,30,31)/t21-,24+/m0/s1. The quantitative estimate of drug-likeness (QED) is 0.504. The van der Waals surface area contributed by atoms with Gasteiger partial charge in [-0.1, -0.05) is 48.0 Å². The first kappa shape index (κ1) is 21.5. The largest absolute Gasteiger partial charge is 0.478 e. The Morgan fingerprint density at radius 3 is 2.58 bits per heavy atom. The molecule has 0 heterocycles. The van der Waals surface area contributed by atoms with E-state index in [0.717, 1.165) is 42.0 Å². The van der Waals surface area contributed by atoms with Gasteiger partial charge < -0.3 is 15.5 Å². The normalized spacial score (nSPS) is 16.5. The summed E-state index contributed by atoms with van der Waals surface area (Å²) in [6, 6.07) is 17.3. The maximum Gasteiger partial charge on any atom is 0.335 e. The molecule has 31 heavy (non-hydrogen) atoms. The van der Waals surface area contributed by atoms with Crippen molar-refractivity contribution in [3.05, 3.63) is 93.8 Å². The van der Waals surface area contributed by atoms with Crippen LogP contribution in [0.1, 0.15) is 39.6 Å². The van der Waals surface area contributed by atoms with Crippen molar-refractivity contribution in [2.24, 2.45) is 0 Å². The molecule has 1 aliphatic rings. The van der Waals surface area contributed by atoms with E-state index >= 15 is 0 Å². The first-order valence-electron chi connectivity index (χ1n) is 10.2. The Hall–Kier alpha value is -2.73. The number of fused-ring (bicyclic) bond motifs is 1. The van der Waals surface area contributed by atoms with Crippen molar-refractivity contribution in [1.82, 2.24) is 5.32 Å².